The molecule has 1 aliphatic heterocycles. The van der Waals surface area contributed by atoms with E-state index in [0.717, 1.165) is 0 Å². The molecule has 2 aromatic carbocycles. The molecule has 2 amide bonds. The Morgan fingerprint density at radius 3 is 2.24 bits per heavy atom. The van der Waals surface area contributed by atoms with E-state index >= 15 is 0 Å². The molecule has 33 heavy (non-hydrogen) atoms. The maximum atomic E-state index is 12.7. The van der Waals surface area contributed by atoms with Gasteiger partial charge in [-0.3, -0.25) is 9.59 Å². The summed E-state index contributed by atoms with van der Waals surface area (Å²) in [6.45, 7) is 3.28. The number of hydrogen-bond acceptors (Lipinski definition) is 4. The monoisotopic (exact) mass is 448 g/mol. The highest BCUT2D eigenvalue weighted by Crippen LogP contribution is 2.44. The second kappa shape index (κ2) is 8.54. The number of aliphatic carboxylic acids is 1. The first kappa shape index (κ1) is 21.5. The number of carboxylic acids is 1. The van der Waals surface area contributed by atoms with E-state index in [2.05, 4.69) is 29.6 Å². The molecule has 5 rings (SSSR count). The standard InChI is InChI=1S/C26H28N2O5/c1-15-12-28(13-22(15)25(30)31)24(29)21-10-16(21)11-27-26(32)33-14-23-19-8-4-2-6-17(19)18-7-3-5-9-20(18)23/h2-9,15-16,21-23H,10-14H2,1H3,(H,27,32)(H,30,31)/t15-,16-,21-,22-/m1/s1. The average molecular weight is 449 g/mol. The molecule has 0 unspecified atom stereocenters. The first-order valence-corrected chi connectivity index (χ1v) is 11.5. The lowest BCUT2D eigenvalue weighted by Gasteiger charge is -2.16. The quantitative estimate of drug-likeness (QED) is 0.707. The van der Waals surface area contributed by atoms with Crippen molar-refractivity contribution in [2.75, 3.05) is 26.2 Å². The molecule has 0 spiro atoms. The summed E-state index contributed by atoms with van der Waals surface area (Å²) in [7, 11) is 0. The summed E-state index contributed by atoms with van der Waals surface area (Å²) in [5.74, 6) is -1.42. The summed E-state index contributed by atoms with van der Waals surface area (Å²) in [5, 5.41) is 12.1. The van der Waals surface area contributed by atoms with Crippen molar-refractivity contribution < 1.29 is 24.2 Å². The van der Waals surface area contributed by atoms with Gasteiger partial charge in [0.15, 0.2) is 0 Å². The van der Waals surface area contributed by atoms with Crippen molar-refractivity contribution in [3.63, 3.8) is 0 Å². The number of likely N-dealkylation sites (tertiary alicyclic amines) is 1. The highest BCUT2D eigenvalue weighted by atomic mass is 16.5. The van der Waals surface area contributed by atoms with Gasteiger partial charge in [-0.05, 0) is 40.5 Å². The van der Waals surface area contributed by atoms with Crippen LogP contribution >= 0.6 is 0 Å². The second-order valence-electron chi connectivity index (χ2n) is 9.47. The molecule has 2 fully saturated rings. The lowest BCUT2D eigenvalue weighted by Crippen LogP contribution is -2.33. The van der Waals surface area contributed by atoms with Crippen LogP contribution in [0.5, 0.6) is 0 Å². The minimum atomic E-state index is -0.845. The number of hydrogen-bond donors (Lipinski definition) is 2. The number of nitrogens with one attached hydrogen (secondary N) is 1. The van der Waals surface area contributed by atoms with Gasteiger partial charge in [0.2, 0.25) is 5.91 Å². The zero-order valence-corrected chi connectivity index (χ0v) is 18.6. The molecule has 172 valence electrons. The number of carboxylic acid groups (broad SMARTS) is 1. The van der Waals surface area contributed by atoms with Crippen LogP contribution in [0.4, 0.5) is 4.79 Å². The van der Waals surface area contributed by atoms with Gasteiger partial charge in [-0.25, -0.2) is 4.79 Å². The van der Waals surface area contributed by atoms with E-state index in [-0.39, 0.29) is 42.7 Å². The summed E-state index contributed by atoms with van der Waals surface area (Å²) in [4.78, 5) is 38.0. The van der Waals surface area contributed by atoms with Crippen LogP contribution in [0.3, 0.4) is 0 Å². The van der Waals surface area contributed by atoms with Gasteiger partial charge in [0.05, 0.1) is 5.92 Å². The lowest BCUT2D eigenvalue weighted by atomic mass is 9.98. The zero-order chi connectivity index (χ0) is 23.1. The topological polar surface area (TPSA) is 95.9 Å². The SMILES string of the molecule is C[C@@H]1CN(C(=O)[C@@H]2C[C@@H]2CNC(=O)OCC2c3ccccc3-c3ccccc32)C[C@H]1C(=O)O. The molecular formula is C26H28N2O5. The van der Waals surface area contributed by atoms with E-state index in [4.69, 9.17) is 4.74 Å². The predicted octanol–water partition coefficient (Wildman–Crippen LogP) is 3.34. The van der Waals surface area contributed by atoms with Crippen molar-refractivity contribution in [2.24, 2.45) is 23.7 Å². The number of nitrogens with zero attached hydrogens (tertiary/aromatic N) is 1. The third kappa shape index (κ3) is 4.08. The van der Waals surface area contributed by atoms with Gasteiger partial charge < -0.3 is 20.1 Å². The third-order valence-corrected chi connectivity index (χ3v) is 7.33. The van der Waals surface area contributed by atoms with Crippen molar-refractivity contribution in [2.45, 2.75) is 19.3 Å². The van der Waals surface area contributed by atoms with Crippen molar-refractivity contribution in [3.8, 4) is 11.1 Å². The summed E-state index contributed by atoms with van der Waals surface area (Å²) in [5.41, 5.74) is 4.70. The van der Waals surface area contributed by atoms with Crippen molar-refractivity contribution in [1.82, 2.24) is 10.2 Å². The number of carbonyl (C=O) groups is 3. The number of carbonyl (C=O) groups excluding carboxylic acids is 2. The fourth-order valence-electron chi connectivity index (χ4n) is 5.34. The molecule has 1 saturated carbocycles. The van der Waals surface area contributed by atoms with Gasteiger partial charge in [-0.1, -0.05) is 55.5 Å². The predicted molar refractivity (Wildman–Crippen MR) is 122 cm³/mol. The molecule has 0 bridgehead atoms. The number of benzene rings is 2. The second-order valence-corrected chi connectivity index (χ2v) is 9.47. The number of amides is 2. The Labute approximate surface area is 192 Å². The van der Waals surface area contributed by atoms with Crippen LogP contribution in [-0.4, -0.2) is 54.2 Å². The Morgan fingerprint density at radius 2 is 1.64 bits per heavy atom. The summed E-state index contributed by atoms with van der Waals surface area (Å²) in [6.07, 6.45) is 0.237. The average Bonchev–Trinajstić information content (AvgIpc) is 3.38. The van der Waals surface area contributed by atoms with Crippen LogP contribution in [0.1, 0.15) is 30.4 Å². The number of ether oxygens (including phenoxy) is 1. The van der Waals surface area contributed by atoms with E-state index in [9.17, 15) is 19.5 Å². The highest BCUT2D eigenvalue weighted by Gasteiger charge is 2.48. The molecule has 3 aliphatic rings. The van der Waals surface area contributed by atoms with Crippen LogP contribution in [0.25, 0.3) is 11.1 Å². The van der Waals surface area contributed by atoms with E-state index in [1.54, 1.807) is 4.90 Å². The Bertz CT molecular complexity index is 1050. The first-order valence-electron chi connectivity index (χ1n) is 11.5. The van der Waals surface area contributed by atoms with E-state index in [0.29, 0.717) is 19.5 Å². The van der Waals surface area contributed by atoms with Gasteiger partial charge in [0.1, 0.15) is 6.61 Å². The number of rotatable bonds is 6. The molecule has 2 aromatic rings. The first-order chi connectivity index (χ1) is 15.9. The molecule has 1 saturated heterocycles. The maximum absolute atomic E-state index is 12.7. The van der Waals surface area contributed by atoms with Crippen molar-refractivity contribution >= 4 is 18.0 Å². The Morgan fingerprint density at radius 1 is 1.00 bits per heavy atom. The largest absolute Gasteiger partial charge is 0.481 e. The number of fused-ring (bicyclic) bond motifs is 3. The number of alkyl carbamates (subject to hydrolysis) is 1. The fraction of sp³-hybridized carbons (Fsp3) is 0.423. The summed E-state index contributed by atoms with van der Waals surface area (Å²) >= 11 is 0. The van der Waals surface area contributed by atoms with Crippen LogP contribution in [0.15, 0.2) is 48.5 Å². The lowest BCUT2D eigenvalue weighted by molar-refractivity contribution is -0.142. The fourth-order valence-corrected chi connectivity index (χ4v) is 5.34. The third-order valence-electron chi connectivity index (χ3n) is 7.33. The molecule has 2 aliphatic carbocycles. The van der Waals surface area contributed by atoms with E-state index < -0.39 is 18.0 Å². The molecule has 0 radical (unpaired) electrons. The summed E-state index contributed by atoms with van der Waals surface area (Å²) < 4.78 is 5.56. The minimum Gasteiger partial charge on any atom is -0.481 e. The van der Waals surface area contributed by atoms with Crippen LogP contribution in [-0.2, 0) is 14.3 Å². The van der Waals surface area contributed by atoms with Crippen LogP contribution in [0, 0.1) is 23.7 Å². The molecule has 4 atom stereocenters. The van der Waals surface area contributed by atoms with E-state index in [1.165, 1.54) is 22.3 Å². The minimum absolute atomic E-state index is 0.00457. The normalized spacial score (nSPS) is 25.3. The Kier molecular flexibility index (Phi) is 5.56. The van der Waals surface area contributed by atoms with Crippen LogP contribution in [0.2, 0.25) is 0 Å². The van der Waals surface area contributed by atoms with E-state index in [1.807, 2.05) is 31.2 Å². The molecular weight excluding hydrogens is 420 g/mol. The van der Waals surface area contributed by atoms with Gasteiger partial charge in [-0.2, -0.15) is 0 Å². The molecule has 2 N–H and O–H groups in total. The molecule has 7 heteroatoms. The zero-order valence-electron chi connectivity index (χ0n) is 18.6. The smallest absolute Gasteiger partial charge is 0.407 e. The molecule has 0 aromatic heterocycles. The van der Waals surface area contributed by atoms with Gasteiger partial charge in [-0.15, -0.1) is 0 Å². The Hall–Kier alpha value is -3.35. The van der Waals surface area contributed by atoms with Gasteiger partial charge in [0, 0.05) is 31.5 Å². The van der Waals surface area contributed by atoms with Crippen molar-refractivity contribution in [3.05, 3.63) is 59.7 Å². The Balaban J connectivity index is 1.10. The van der Waals surface area contributed by atoms with Crippen molar-refractivity contribution in [1.29, 1.82) is 0 Å². The molecule has 1 heterocycles. The summed E-state index contributed by atoms with van der Waals surface area (Å²) in [6, 6.07) is 16.4. The van der Waals surface area contributed by atoms with Gasteiger partial charge >= 0.3 is 12.1 Å². The van der Waals surface area contributed by atoms with Gasteiger partial charge in [0.25, 0.3) is 0 Å². The van der Waals surface area contributed by atoms with Crippen LogP contribution < -0.4 is 5.32 Å². The highest BCUT2D eigenvalue weighted by molar-refractivity contribution is 5.83. The maximum Gasteiger partial charge on any atom is 0.407 e. The molecule has 7 nitrogen and oxygen atoms in total.